The summed E-state index contributed by atoms with van der Waals surface area (Å²) in [6.07, 6.45) is -4.60. The van der Waals surface area contributed by atoms with Crippen LogP contribution in [0.25, 0.3) is 0 Å². The van der Waals surface area contributed by atoms with Crippen molar-refractivity contribution in [3.8, 4) is 0 Å². The van der Waals surface area contributed by atoms with Gasteiger partial charge in [-0.2, -0.15) is 13.2 Å². The second-order valence-corrected chi connectivity index (χ2v) is 6.89. The van der Waals surface area contributed by atoms with Crippen molar-refractivity contribution >= 4 is 46.4 Å². The average molecular weight is 417 g/mol. The summed E-state index contributed by atoms with van der Waals surface area (Å²) in [6.45, 7) is -0.00665. The molecule has 0 aliphatic carbocycles. The summed E-state index contributed by atoms with van der Waals surface area (Å²) in [5, 5.41) is 3.24. The Hall–Kier alpha value is -2.25. The molecule has 4 nitrogen and oxygen atoms in total. The Morgan fingerprint density at radius 1 is 1.11 bits per heavy atom. The van der Waals surface area contributed by atoms with Crippen molar-refractivity contribution in [2.24, 2.45) is 5.92 Å². The number of carbonyl (C=O) groups is 2. The van der Waals surface area contributed by atoms with Gasteiger partial charge in [0.1, 0.15) is 0 Å². The molecule has 0 aromatic heterocycles. The highest BCUT2D eigenvalue weighted by Crippen LogP contribution is 2.34. The molecule has 0 radical (unpaired) electrons. The van der Waals surface area contributed by atoms with E-state index in [1.165, 1.54) is 29.2 Å². The molecule has 1 fully saturated rings. The third-order valence-corrected chi connectivity index (χ3v) is 4.91. The number of amides is 2. The van der Waals surface area contributed by atoms with E-state index in [-0.39, 0.29) is 23.7 Å². The summed E-state index contributed by atoms with van der Waals surface area (Å²) in [7, 11) is 0. The fourth-order valence-corrected chi connectivity index (χ4v) is 3.10. The Balaban J connectivity index is 1.73. The van der Waals surface area contributed by atoms with Crippen LogP contribution in [0.4, 0.5) is 24.5 Å². The van der Waals surface area contributed by atoms with Crippen LogP contribution >= 0.6 is 23.2 Å². The molecule has 1 saturated heterocycles. The molecule has 2 aromatic carbocycles. The second-order valence-electron chi connectivity index (χ2n) is 6.07. The van der Waals surface area contributed by atoms with Crippen LogP contribution in [0.2, 0.25) is 10.0 Å². The lowest BCUT2D eigenvalue weighted by Crippen LogP contribution is -2.28. The van der Waals surface area contributed by atoms with Crippen LogP contribution < -0.4 is 10.2 Å². The van der Waals surface area contributed by atoms with Crippen LogP contribution in [-0.2, 0) is 15.8 Å². The van der Waals surface area contributed by atoms with E-state index in [0.717, 1.165) is 12.1 Å². The Morgan fingerprint density at radius 3 is 2.52 bits per heavy atom. The van der Waals surface area contributed by atoms with Crippen molar-refractivity contribution in [1.82, 2.24) is 0 Å². The van der Waals surface area contributed by atoms with E-state index in [9.17, 15) is 22.8 Å². The lowest BCUT2D eigenvalue weighted by molar-refractivity contribution is -0.137. The topological polar surface area (TPSA) is 49.4 Å². The number of halogens is 5. The van der Waals surface area contributed by atoms with Gasteiger partial charge in [-0.15, -0.1) is 0 Å². The van der Waals surface area contributed by atoms with Gasteiger partial charge in [0.2, 0.25) is 11.8 Å². The molecule has 3 rings (SSSR count). The zero-order valence-corrected chi connectivity index (χ0v) is 15.2. The summed E-state index contributed by atoms with van der Waals surface area (Å²) in [5.74, 6) is -1.53. The fraction of sp³-hybridized carbons (Fsp3) is 0.222. The first-order valence-electron chi connectivity index (χ1n) is 7.88. The number of anilines is 2. The zero-order valence-electron chi connectivity index (χ0n) is 13.7. The minimum atomic E-state index is -4.51. The Bertz CT molecular complexity index is 902. The van der Waals surface area contributed by atoms with Gasteiger partial charge in [0, 0.05) is 24.3 Å². The fourth-order valence-electron chi connectivity index (χ4n) is 2.80. The van der Waals surface area contributed by atoms with Gasteiger partial charge in [0.15, 0.2) is 0 Å². The van der Waals surface area contributed by atoms with Crippen LogP contribution in [0.3, 0.4) is 0 Å². The van der Waals surface area contributed by atoms with Gasteiger partial charge in [0.25, 0.3) is 0 Å². The van der Waals surface area contributed by atoms with Crippen LogP contribution in [0.5, 0.6) is 0 Å². The molecule has 1 heterocycles. The van der Waals surface area contributed by atoms with Gasteiger partial charge in [-0.25, -0.2) is 0 Å². The van der Waals surface area contributed by atoms with Crippen molar-refractivity contribution < 1.29 is 22.8 Å². The van der Waals surface area contributed by atoms with Crippen molar-refractivity contribution in [3.05, 3.63) is 58.1 Å². The summed E-state index contributed by atoms with van der Waals surface area (Å²) in [4.78, 5) is 25.8. The number of nitrogens with zero attached hydrogens (tertiary/aromatic N) is 1. The molecule has 1 N–H and O–H groups in total. The summed E-state index contributed by atoms with van der Waals surface area (Å²) in [6, 6.07) is 9.03. The molecular formula is C18H13Cl2F3N2O2. The molecule has 142 valence electrons. The number of hydrogen-bond donors (Lipinski definition) is 1. The van der Waals surface area contributed by atoms with E-state index in [0.29, 0.717) is 10.7 Å². The van der Waals surface area contributed by atoms with Gasteiger partial charge in [-0.1, -0.05) is 29.3 Å². The normalized spacial score (nSPS) is 17.3. The highest BCUT2D eigenvalue weighted by Gasteiger charge is 2.37. The molecule has 0 unspecified atom stereocenters. The standard InChI is InChI=1S/C18H13Cl2F3N2O2/c19-14-5-4-12(8-15(14)20)24-17(27)10-6-16(26)25(9-10)13-3-1-2-11(7-13)18(21,22)23/h1-5,7-8,10H,6,9H2,(H,24,27)/t10-/m1/s1. The zero-order chi connectivity index (χ0) is 19.8. The first-order valence-corrected chi connectivity index (χ1v) is 8.64. The monoisotopic (exact) mass is 416 g/mol. The third kappa shape index (κ3) is 4.36. The molecule has 27 heavy (non-hydrogen) atoms. The van der Waals surface area contributed by atoms with E-state index in [2.05, 4.69) is 5.32 Å². The molecule has 1 atom stereocenters. The third-order valence-electron chi connectivity index (χ3n) is 4.17. The summed E-state index contributed by atoms with van der Waals surface area (Å²) >= 11 is 11.7. The molecule has 1 aliphatic heterocycles. The van der Waals surface area contributed by atoms with Crippen molar-refractivity contribution in [2.75, 3.05) is 16.8 Å². The smallest absolute Gasteiger partial charge is 0.326 e. The van der Waals surface area contributed by atoms with Gasteiger partial charge in [-0.05, 0) is 36.4 Å². The largest absolute Gasteiger partial charge is 0.416 e. The lowest BCUT2D eigenvalue weighted by atomic mass is 10.1. The second kappa shape index (κ2) is 7.40. The van der Waals surface area contributed by atoms with E-state index >= 15 is 0 Å². The number of benzene rings is 2. The van der Waals surface area contributed by atoms with Crippen LogP contribution in [-0.4, -0.2) is 18.4 Å². The van der Waals surface area contributed by atoms with Gasteiger partial charge >= 0.3 is 6.18 Å². The highest BCUT2D eigenvalue weighted by atomic mass is 35.5. The van der Waals surface area contributed by atoms with E-state index in [1.807, 2.05) is 0 Å². The molecule has 2 aromatic rings. The molecule has 2 amide bonds. The molecule has 1 aliphatic rings. The van der Waals surface area contributed by atoms with Gasteiger partial charge in [0.05, 0.1) is 21.5 Å². The average Bonchev–Trinajstić information content (AvgIpc) is 2.99. The number of hydrogen-bond acceptors (Lipinski definition) is 2. The van der Waals surface area contributed by atoms with E-state index in [1.54, 1.807) is 6.07 Å². The summed E-state index contributed by atoms with van der Waals surface area (Å²) < 4.78 is 38.6. The maximum Gasteiger partial charge on any atom is 0.416 e. The summed E-state index contributed by atoms with van der Waals surface area (Å²) in [5.41, 5.74) is -0.324. The van der Waals surface area contributed by atoms with Crippen molar-refractivity contribution in [2.45, 2.75) is 12.6 Å². The van der Waals surface area contributed by atoms with E-state index in [4.69, 9.17) is 23.2 Å². The maximum atomic E-state index is 12.9. The van der Waals surface area contributed by atoms with Crippen LogP contribution in [0, 0.1) is 5.92 Å². The van der Waals surface area contributed by atoms with Gasteiger partial charge in [-0.3, -0.25) is 9.59 Å². The van der Waals surface area contributed by atoms with E-state index < -0.39 is 29.5 Å². The maximum absolute atomic E-state index is 12.9. The Labute approximate surface area is 162 Å². The van der Waals surface area contributed by atoms with Crippen molar-refractivity contribution in [1.29, 1.82) is 0 Å². The quantitative estimate of drug-likeness (QED) is 0.764. The SMILES string of the molecule is O=C(Nc1ccc(Cl)c(Cl)c1)[C@@H]1CC(=O)N(c2cccc(C(F)(F)F)c2)C1. The molecule has 0 spiro atoms. The number of nitrogens with one attached hydrogen (secondary N) is 1. The molecular weight excluding hydrogens is 404 g/mol. The number of carbonyl (C=O) groups excluding carboxylic acids is 2. The first kappa shape index (κ1) is 19.5. The van der Waals surface area contributed by atoms with Gasteiger partial charge < -0.3 is 10.2 Å². The van der Waals surface area contributed by atoms with Crippen LogP contribution in [0.1, 0.15) is 12.0 Å². The number of rotatable bonds is 3. The molecule has 0 bridgehead atoms. The highest BCUT2D eigenvalue weighted by molar-refractivity contribution is 6.42. The first-order chi connectivity index (χ1) is 12.6. The predicted molar refractivity (Wildman–Crippen MR) is 97.0 cm³/mol. The molecule has 9 heteroatoms. The predicted octanol–water partition coefficient (Wildman–Crippen LogP) is 5.00. The lowest BCUT2D eigenvalue weighted by Gasteiger charge is -2.18. The minimum absolute atomic E-state index is 0.00665. The molecule has 0 saturated carbocycles. The van der Waals surface area contributed by atoms with Crippen LogP contribution in [0.15, 0.2) is 42.5 Å². The Kier molecular flexibility index (Phi) is 5.35. The number of alkyl halides is 3. The minimum Gasteiger partial charge on any atom is -0.326 e. The van der Waals surface area contributed by atoms with Crippen molar-refractivity contribution in [3.63, 3.8) is 0 Å². The Morgan fingerprint density at radius 2 is 1.85 bits per heavy atom.